The number of nitrogens with two attached hydrogens (primary N) is 2. The number of halogens is 3. The Labute approximate surface area is 227 Å². The molecule has 40 heavy (non-hydrogen) atoms. The second kappa shape index (κ2) is 12.7. The number of nitrogens with zero attached hydrogens (tertiary/aromatic N) is 3. The average Bonchev–Trinajstić information content (AvgIpc) is 3.31. The van der Waals surface area contributed by atoms with E-state index >= 15 is 0 Å². The van der Waals surface area contributed by atoms with E-state index in [1.807, 2.05) is 24.3 Å². The normalized spacial score (nSPS) is 11.6. The molecule has 4 rings (SSSR count). The molecule has 2 heterocycles. The van der Waals surface area contributed by atoms with Gasteiger partial charge in [-0.25, -0.2) is 4.79 Å². The Kier molecular flexibility index (Phi) is 9.07. The Morgan fingerprint density at radius 3 is 2.58 bits per heavy atom. The quantitative estimate of drug-likeness (QED) is 0.102. The molecule has 0 saturated heterocycles. The number of hydrogen-bond acceptors (Lipinski definition) is 6. The first-order valence-electron chi connectivity index (χ1n) is 12.6. The maximum Gasteiger partial charge on any atom is 0.573 e. The van der Waals surface area contributed by atoms with Crippen molar-refractivity contribution in [1.82, 2.24) is 19.9 Å². The predicted molar refractivity (Wildman–Crippen MR) is 146 cm³/mol. The molecule has 0 spiro atoms. The van der Waals surface area contributed by atoms with Crippen molar-refractivity contribution < 1.29 is 23.0 Å². The van der Waals surface area contributed by atoms with Gasteiger partial charge in [0.25, 0.3) is 0 Å². The summed E-state index contributed by atoms with van der Waals surface area (Å²) in [6, 6.07) is 13.4. The zero-order valence-electron chi connectivity index (χ0n) is 21.5. The van der Waals surface area contributed by atoms with Crippen LogP contribution in [0.2, 0.25) is 0 Å². The molecule has 10 nitrogen and oxygen atoms in total. The molecule has 0 saturated carbocycles. The molecule has 0 fully saturated rings. The van der Waals surface area contributed by atoms with Crippen LogP contribution in [0.4, 0.5) is 13.2 Å². The molecule has 2 aromatic carbocycles. The molecule has 0 aliphatic heterocycles. The minimum Gasteiger partial charge on any atom is -0.406 e. The molecule has 0 radical (unpaired) electrons. The van der Waals surface area contributed by atoms with Crippen LogP contribution in [0, 0.1) is 0 Å². The first kappa shape index (κ1) is 28.6. The number of nitrogens with one attached hydrogen (secondary N) is 2. The van der Waals surface area contributed by atoms with E-state index < -0.39 is 12.1 Å². The zero-order chi connectivity index (χ0) is 28.7. The number of hydrogen-bond donors (Lipinski definition) is 5. The standard InChI is InChI=1S/C27H30F3N7O3/c28-27(29,30)40-22-12-18(3-1-10-38)11-19(13-22)23-14-20-16-37(26(39)36-24(20)35-23)21-6-4-17(5-7-21)15-33-8-2-9-34-25(31)32/h4-7,11-14,16,33,38H,1-3,8-10,15H2,(H4,31,32,34)(H,35,36,39). The number of guanidine groups is 1. The minimum absolute atomic E-state index is 0.0717. The summed E-state index contributed by atoms with van der Waals surface area (Å²) in [5.41, 5.74) is 13.5. The van der Waals surface area contributed by atoms with Crippen LogP contribution >= 0.6 is 0 Å². The van der Waals surface area contributed by atoms with Gasteiger partial charge in [-0.3, -0.25) is 9.56 Å². The summed E-state index contributed by atoms with van der Waals surface area (Å²) in [4.78, 5) is 23.9. The lowest BCUT2D eigenvalue weighted by Gasteiger charge is -2.12. The number of aliphatic imine (C=N–C) groups is 1. The van der Waals surface area contributed by atoms with Crippen LogP contribution in [0.15, 0.2) is 64.5 Å². The van der Waals surface area contributed by atoms with E-state index in [9.17, 15) is 18.0 Å². The van der Waals surface area contributed by atoms with Gasteiger partial charge in [-0.2, -0.15) is 4.98 Å². The SMILES string of the molecule is NC(N)=NCCCNCc1ccc(-n2cc3cc(-c4cc(CCCO)cc(OC(F)(F)F)c4)[nH]c3nc2=O)cc1. The molecule has 0 unspecified atom stereocenters. The fourth-order valence-electron chi connectivity index (χ4n) is 4.19. The number of aromatic nitrogens is 3. The minimum atomic E-state index is -4.85. The van der Waals surface area contributed by atoms with Gasteiger partial charge < -0.3 is 31.6 Å². The van der Waals surface area contributed by atoms with E-state index in [1.165, 1.54) is 16.7 Å². The molecule has 2 aromatic heterocycles. The molecular weight excluding hydrogens is 527 g/mol. The summed E-state index contributed by atoms with van der Waals surface area (Å²) >= 11 is 0. The maximum absolute atomic E-state index is 12.9. The first-order valence-corrected chi connectivity index (χ1v) is 12.6. The lowest BCUT2D eigenvalue weighted by atomic mass is 10.0. The van der Waals surface area contributed by atoms with Crippen LogP contribution in [0.25, 0.3) is 28.0 Å². The van der Waals surface area contributed by atoms with Crippen LogP contribution < -0.4 is 27.2 Å². The summed E-state index contributed by atoms with van der Waals surface area (Å²) in [5, 5.41) is 13.0. The van der Waals surface area contributed by atoms with Crippen molar-refractivity contribution in [2.75, 3.05) is 19.7 Å². The van der Waals surface area contributed by atoms with Crippen molar-refractivity contribution >= 4 is 17.0 Å². The zero-order valence-corrected chi connectivity index (χ0v) is 21.5. The third-order valence-electron chi connectivity index (χ3n) is 5.99. The molecular formula is C27H30F3N7O3. The maximum atomic E-state index is 12.9. The van der Waals surface area contributed by atoms with Gasteiger partial charge in [0.15, 0.2) is 5.96 Å². The van der Waals surface area contributed by atoms with Gasteiger partial charge >= 0.3 is 12.1 Å². The monoisotopic (exact) mass is 557 g/mol. The summed E-state index contributed by atoms with van der Waals surface area (Å²) in [6.45, 7) is 1.82. The highest BCUT2D eigenvalue weighted by atomic mass is 19.4. The number of H-pyrrole nitrogens is 1. The first-order chi connectivity index (χ1) is 19.1. The number of alkyl halides is 3. The smallest absolute Gasteiger partial charge is 0.406 e. The lowest BCUT2D eigenvalue weighted by Crippen LogP contribution is -2.23. The van der Waals surface area contributed by atoms with Crippen LogP contribution in [-0.2, 0) is 13.0 Å². The van der Waals surface area contributed by atoms with Gasteiger partial charge in [0.2, 0.25) is 0 Å². The number of aliphatic hydroxyl groups excluding tert-OH is 1. The van der Waals surface area contributed by atoms with E-state index in [0.717, 1.165) is 18.5 Å². The number of aryl methyl sites for hydroxylation is 1. The summed E-state index contributed by atoms with van der Waals surface area (Å²) in [6.07, 6.45) is -1.68. The highest BCUT2D eigenvalue weighted by molar-refractivity contribution is 5.83. The molecule has 7 N–H and O–H groups in total. The van der Waals surface area contributed by atoms with Crippen molar-refractivity contribution in [2.45, 2.75) is 32.2 Å². The summed E-state index contributed by atoms with van der Waals surface area (Å²) in [7, 11) is 0. The molecule has 0 amide bonds. The molecule has 0 atom stereocenters. The second-order valence-corrected chi connectivity index (χ2v) is 9.12. The van der Waals surface area contributed by atoms with E-state index in [4.69, 9.17) is 16.6 Å². The van der Waals surface area contributed by atoms with Crippen molar-refractivity contribution in [2.24, 2.45) is 16.5 Å². The van der Waals surface area contributed by atoms with Gasteiger partial charge in [0.05, 0.1) is 5.69 Å². The number of fused-ring (bicyclic) bond motifs is 1. The Morgan fingerprint density at radius 2 is 1.88 bits per heavy atom. The number of aliphatic hydroxyl groups is 1. The Balaban J connectivity index is 1.54. The van der Waals surface area contributed by atoms with Crippen LogP contribution in [0.3, 0.4) is 0 Å². The van der Waals surface area contributed by atoms with E-state index in [2.05, 4.69) is 25.0 Å². The summed E-state index contributed by atoms with van der Waals surface area (Å²) < 4.78 is 44.3. The second-order valence-electron chi connectivity index (χ2n) is 9.12. The number of ether oxygens (including phenoxy) is 1. The third kappa shape index (κ3) is 7.83. The Hall–Kier alpha value is -4.36. The van der Waals surface area contributed by atoms with E-state index in [0.29, 0.717) is 59.5 Å². The molecule has 0 bridgehead atoms. The van der Waals surface area contributed by atoms with Crippen molar-refractivity contribution in [3.63, 3.8) is 0 Å². The summed E-state index contributed by atoms with van der Waals surface area (Å²) in [5.74, 6) is -0.296. The molecule has 0 aliphatic rings. The van der Waals surface area contributed by atoms with Crippen LogP contribution in [0.1, 0.15) is 24.0 Å². The number of aromatic amines is 1. The van der Waals surface area contributed by atoms with E-state index in [-0.39, 0.29) is 18.3 Å². The number of rotatable bonds is 12. The van der Waals surface area contributed by atoms with Crippen LogP contribution in [0.5, 0.6) is 5.75 Å². The van der Waals surface area contributed by atoms with Crippen molar-refractivity contribution in [3.05, 3.63) is 76.3 Å². The fourth-order valence-corrected chi connectivity index (χ4v) is 4.19. The third-order valence-corrected chi connectivity index (χ3v) is 5.99. The highest BCUT2D eigenvalue weighted by Crippen LogP contribution is 2.31. The van der Waals surface area contributed by atoms with E-state index in [1.54, 1.807) is 18.3 Å². The predicted octanol–water partition coefficient (Wildman–Crippen LogP) is 2.96. The fraction of sp³-hybridized carbons (Fsp3) is 0.296. The molecule has 0 aliphatic carbocycles. The topological polar surface area (TPSA) is 157 Å². The van der Waals surface area contributed by atoms with Gasteiger partial charge in [-0.1, -0.05) is 12.1 Å². The average molecular weight is 558 g/mol. The largest absolute Gasteiger partial charge is 0.573 e. The van der Waals surface area contributed by atoms with Crippen molar-refractivity contribution in [3.8, 4) is 22.7 Å². The van der Waals surface area contributed by atoms with Gasteiger partial charge in [-0.05, 0) is 73.3 Å². The highest BCUT2D eigenvalue weighted by Gasteiger charge is 2.31. The molecule has 212 valence electrons. The Bertz CT molecular complexity index is 1530. The van der Waals surface area contributed by atoms with Gasteiger partial charge in [0, 0.05) is 42.5 Å². The molecule has 4 aromatic rings. The van der Waals surface area contributed by atoms with Gasteiger partial charge in [0.1, 0.15) is 11.4 Å². The molecule has 13 heteroatoms. The van der Waals surface area contributed by atoms with Crippen molar-refractivity contribution in [1.29, 1.82) is 0 Å². The van der Waals surface area contributed by atoms with Crippen LogP contribution in [-0.4, -0.2) is 51.7 Å². The number of benzene rings is 2. The van der Waals surface area contributed by atoms with Gasteiger partial charge in [-0.15, -0.1) is 13.2 Å². The Morgan fingerprint density at radius 1 is 1.10 bits per heavy atom. The lowest BCUT2D eigenvalue weighted by molar-refractivity contribution is -0.274.